The molecule has 0 fully saturated rings. The Bertz CT molecular complexity index is 506. The van der Waals surface area contributed by atoms with E-state index < -0.39 is 11.8 Å². The van der Waals surface area contributed by atoms with Crippen molar-refractivity contribution in [2.75, 3.05) is 13.2 Å². The van der Waals surface area contributed by atoms with Crippen LogP contribution in [0.5, 0.6) is 5.75 Å². The van der Waals surface area contributed by atoms with Crippen molar-refractivity contribution < 1.29 is 18.7 Å². The molecular weight excluding hydrogens is 247 g/mol. The molecule has 1 aromatic carbocycles. The molecule has 0 aromatic heterocycles. The van der Waals surface area contributed by atoms with Crippen molar-refractivity contribution in [3.63, 3.8) is 0 Å². The Labute approximate surface area is 112 Å². The fourth-order valence-corrected chi connectivity index (χ4v) is 1.22. The first-order valence-electron chi connectivity index (χ1n) is 5.78. The van der Waals surface area contributed by atoms with E-state index in [9.17, 15) is 9.18 Å². The highest BCUT2D eigenvalue weighted by molar-refractivity contribution is 5.90. The van der Waals surface area contributed by atoms with Gasteiger partial charge in [-0.05, 0) is 43.2 Å². The van der Waals surface area contributed by atoms with E-state index in [2.05, 4.69) is 13.2 Å². The Morgan fingerprint density at radius 2 is 1.84 bits per heavy atom. The number of hydrogen-bond donors (Lipinski definition) is 0. The summed E-state index contributed by atoms with van der Waals surface area (Å²) in [5.74, 6) is -0.984. The Morgan fingerprint density at radius 1 is 1.21 bits per heavy atom. The quantitative estimate of drug-likeness (QED) is 0.582. The number of halogens is 1. The molecule has 0 spiro atoms. The lowest BCUT2D eigenvalue weighted by molar-refractivity contribution is 0.0534. The minimum absolute atomic E-state index is 0.0646. The van der Waals surface area contributed by atoms with Gasteiger partial charge in [-0.2, -0.15) is 0 Å². The summed E-state index contributed by atoms with van der Waals surface area (Å²) in [6.07, 6.45) is 0. The van der Waals surface area contributed by atoms with E-state index in [1.807, 2.05) is 6.92 Å². The summed E-state index contributed by atoms with van der Waals surface area (Å²) >= 11 is 0. The third kappa shape index (κ3) is 4.95. The molecular formula is C15H17FO3. The van der Waals surface area contributed by atoms with Crippen molar-refractivity contribution in [1.29, 1.82) is 0 Å². The predicted molar refractivity (Wildman–Crippen MR) is 71.8 cm³/mol. The predicted octanol–water partition coefficient (Wildman–Crippen LogP) is 3.51. The van der Waals surface area contributed by atoms with Crippen LogP contribution in [0.3, 0.4) is 0 Å². The minimum atomic E-state index is -0.735. The average Bonchev–Trinajstić information content (AvgIpc) is 2.34. The van der Waals surface area contributed by atoms with Crippen LogP contribution in [0.1, 0.15) is 24.2 Å². The smallest absolute Gasteiger partial charge is 0.341 e. The van der Waals surface area contributed by atoms with Crippen molar-refractivity contribution >= 4 is 5.97 Å². The largest absolute Gasteiger partial charge is 0.489 e. The van der Waals surface area contributed by atoms with E-state index in [-0.39, 0.29) is 12.2 Å². The Hall–Kier alpha value is -2.10. The van der Waals surface area contributed by atoms with Crippen molar-refractivity contribution in [3.8, 4) is 5.75 Å². The van der Waals surface area contributed by atoms with E-state index in [0.717, 1.165) is 5.57 Å². The molecule has 102 valence electrons. The van der Waals surface area contributed by atoms with E-state index in [0.29, 0.717) is 17.9 Å². The number of benzene rings is 1. The van der Waals surface area contributed by atoms with Crippen LogP contribution in [0.25, 0.3) is 0 Å². The fourth-order valence-electron chi connectivity index (χ4n) is 1.22. The van der Waals surface area contributed by atoms with Gasteiger partial charge in [0.25, 0.3) is 0 Å². The molecule has 0 aliphatic carbocycles. The monoisotopic (exact) mass is 264 g/mol. The minimum Gasteiger partial charge on any atom is -0.489 e. The highest BCUT2D eigenvalue weighted by Gasteiger charge is 2.14. The fraction of sp³-hybridized carbons (Fsp3) is 0.267. The molecule has 0 amide bonds. The summed E-state index contributed by atoms with van der Waals surface area (Å²) in [5.41, 5.74) is 1.36. The van der Waals surface area contributed by atoms with Crippen LogP contribution in [0.2, 0.25) is 0 Å². The zero-order chi connectivity index (χ0) is 14.4. The van der Waals surface area contributed by atoms with Crippen LogP contribution in [0.4, 0.5) is 4.39 Å². The first kappa shape index (κ1) is 15.0. The molecule has 0 saturated heterocycles. The lowest BCUT2D eigenvalue weighted by Crippen LogP contribution is -2.09. The van der Waals surface area contributed by atoms with Crippen molar-refractivity contribution in [2.45, 2.75) is 13.8 Å². The number of carbonyl (C=O) groups is 1. The molecule has 0 radical (unpaired) electrons. The molecule has 0 unspecified atom stereocenters. The van der Waals surface area contributed by atoms with Gasteiger partial charge in [0.1, 0.15) is 24.8 Å². The molecule has 0 heterocycles. The summed E-state index contributed by atoms with van der Waals surface area (Å²) in [5, 5.41) is 0. The van der Waals surface area contributed by atoms with Gasteiger partial charge in [-0.1, -0.05) is 13.2 Å². The van der Waals surface area contributed by atoms with Gasteiger partial charge in [-0.15, -0.1) is 0 Å². The Balaban J connectivity index is 2.81. The molecule has 0 bridgehead atoms. The molecule has 0 atom stereocenters. The SMILES string of the molecule is C=C(C)COC(=O)c1cc(OCC(=C)C)ccc1F. The topological polar surface area (TPSA) is 35.5 Å². The van der Waals surface area contributed by atoms with Crippen LogP contribution in [0.15, 0.2) is 42.5 Å². The van der Waals surface area contributed by atoms with Gasteiger partial charge in [0, 0.05) is 0 Å². The second kappa shape index (κ2) is 6.73. The summed E-state index contributed by atoms with van der Waals surface area (Å²) in [6.45, 7) is 11.2. The van der Waals surface area contributed by atoms with Gasteiger partial charge in [0.2, 0.25) is 0 Å². The van der Waals surface area contributed by atoms with Crippen LogP contribution in [-0.4, -0.2) is 19.2 Å². The number of hydrogen-bond acceptors (Lipinski definition) is 3. The molecule has 0 aliphatic heterocycles. The third-order valence-electron chi connectivity index (χ3n) is 2.09. The maximum atomic E-state index is 13.5. The average molecular weight is 264 g/mol. The second-order valence-corrected chi connectivity index (χ2v) is 4.42. The number of ether oxygens (including phenoxy) is 2. The third-order valence-corrected chi connectivity index (χ3v) is 2.09. The standard InChI is InChI=1S/C15H17FO3/c1-10(2)8-18-12-5-6-14(16)13(7-12)15(17)19-9-11(3)4/h5-7H,1,3,8-9H2,2,4H3. The Morgan fingerprint density at radius 3 is 2.42 bits per heavy atom. The highest BCUT2D eigenvalue weighted by Crippen LogP contribution is 2.18. The zero-order valence-corrected chi connectivity index (χ0v) is 11.2. The molecule has 0 saturated carbocycles. The summed E-state index contributed by atoms with van der Waals surface area (Å²) in [4.78, 5) is 11.7. The van der Waals surface area contributed by atoms with E-state index >= 15 is 0 Å². The van der Waals surface area contributed by atoms with Gasteiger partial charge in [0.15, 0.2) is 0 Å². The van der Waals surface area contributed by atoms with Gasteiger partial charge in [0.05, 0.1) is 5.56 Å². The lowest BCUT2D eigenvalue weighted by Gasteiger charge is -2.09. The maximum Gasteiger partial charge on any atom is 0.341 e. The number of carbonyl (C=O) groups excluding carboxylic acids is 1. The zero-order valence-electron chi connectivity index (χ0n) is 11.2. The first-order chi connectivity index (χ1) is 8.90. The summed E-state index contributed by atoms with van der Waals surface area (Å²) in [7, 11) is 0. The normalized spacial score (nSPS) is 9.84. The van der Waals surface area contributed by atoms with E-state index in [1.54, 1.807) is 6.92 Å². The molecule has 0 aliphatic rings. The molecule has 1 rings (SSSR count). The van der Waals surface area contributed by atoms with E-state index in [4.69, 9.17) is 9.47 Å². The number of esters is 1. The van der Waals surface area contributed by atoms with Crippen molar-refractivity contribution in [1.82, 2.24) is 0 Å². The van der Waals surface area contributed by atoms with E-state index in [1.165, 1.54) is 18.2 Å². The maximum absolute atomic E-state index is 13.5. The summed E-state index contributed by atoms with van der Waals surface area (Å²) in [6, 6.07) is 3.94. The van der Waals surface area contributed by atoms with Crippen molar-refractivity contribution in [2.24, 2.45) is 0 Å². The molecule has 19 heavy (non-hydrogen) atoms. The Kier molecular flexibility index (Phi) is 5.30. The highest BCUT2D eigenvalue weighted by atomic mass is 19.1. The van der Waals surface area contributed by atoms with Gasteiger partial charge < -0.3 is 9.47 Å². The van der Waals surface area contributed by atoms with Crippen LogP contribution >= 0.6 is 0 Å². The number of rotatable bonds is 6. The van der Waals surface area contributed by atoms with Crippen LogP contribution in [0, 0.1) is 5.82 Å². The van der Waals surface area contributed by atoms with Gasteiger partial charge in [-0.3, -0.25) is 0 Å². The molecule has 3 nitrogen and oxygen atoms in total. The molecule has 4 heteroatoms. The van der Waals surface area contributed by atoms with Gasteiger partial charge >= 0.3 is 5.97 Å². The summed E-state index contributed by atoms with van der Waals surface area (Å²) < 4.78 is 23.8. The molecule has 0 N–H and O–H groups in total. The second-order valence-electron chi connectivity index (χ2n) is 4.42. The molecule has 1 aromatic rings. The first-order valence-corrected chi connectivity index (χ1v) is 5.78. The van der Waals surface area contributed by atoms with Crippen molar-refractivity contribution in [3.05, 3.63) is 53.9 Å². The lowest BCUT2D eigenvalue weighted by atomic mass is 10.2. The van der Waals surface area contributed by atoms with Gasteiger partial charge in [-0.25, -0.2) is 9.18 Å². The van der Waals surface area contributed by atoms with Crippen LogP contribution < -0.4 is 4.74 Å². The van der Waals surface area contributed by atoms with Crippen LogP contribution in [-0.2, 0) is 4.74 Å².